The Hall–Kier alpha value is -2.31. The fraction of sp³-hybridized carbons (Fsp3) is 0.500. The van der Waals surface area contributed by atoms with Crippen LogP contribution in [0.1, 0.15) is 23.7 Å². The second-order valence-corrected chi connectivity index (χ2v) is 7.35. The molecule has 28 heavy (non-hydrogen) atoms. The highest BCUT2D eigenvalue weighted by Crippen LogP contribution is 2.11. The Morgan fingerprint density at radius 3 is 2.68 bits per heavy atom. The van der Waals surface area contributed by atoms with Crippen molar-refractivity contribution < 1.29 is 4.74 Å². The molecule has 152 valence electrons. The zero-order valence-corrected chi connectivity index (χ0v) is 17.4. The minimum atomic E-state index is 0.677. The molecule has 0 amide bonds. The van der Waals surface area contributed by atoms with E-state index >= 15 is 0 Å². The molecule has 2 heterocycles. The Kier molecular flexibility index (Phi) is 7.51. The summed E-state index contributed by atoms with van der Waals surface area (Å²) >= 11 is 0. The predicted molar refractivity (Wildman–Crippen MR) is 114 cm³/mol. The molecule has 0 atom stereocenters. The van der Waals surface area contributed by atoms with Gasteiger partial charge in [0.05, 0.1) is 26.3 Å². The van der Waals surface area contributed by atoms with Crippen LogP contribution in [0.15, 0.2) is 47.6 Å². The second-order valence-electron chi connectivity index (χ2n) is 7.35. The number of guanidine groups is 1. The van der Waals surface area contributed by atoms with E-state index in [1.807, 2.05) is 0 Å². The van der Waals surface area contributed by atoms with Crippen molar-refractivity contribution in [3.05, 3.63) is 59.4 Å². The number of benzene rings is 1. The van der Waals surface area contributed by atoms with Crippen molar-refractivity contribution in [2.24, 2.45) is 12.0 Å². The quantitative estimate of drug-likeness (QED) is 0.589. The normalized spacial score (nSPS) is 15.6. The van der Waals surface area contributed by atoms with Gasteiger partial charge in [0.2, 0.25) is 0 Å². The molecule has 0 spiro atoms. The predicted octanol–water partition coefficient (Wildman–Crippen LogP) is 2.45. The molecule has 1 aliphatic heterocycles. The first kappa shape index (κ1) is 20.4. The Labute approximate surface area is 168 Å². The van der Waals surface area contributed by atoms with E-state index in [-0.39, 0.29) is 0 Å². The standard InChI is InChI=1S/C22H33N5O/c1-4-23-22(26(3)18-21-9-6-10-25(21)2)24-16-19-7-5-8-20(15-19)17-27-11-13-28-14-12-27/h5-10,15H,4,11-14,16-18H2,1-3H3,(H,23,24). The molecule has 0 unspecified atom stereocenters. The largest absolute Gasteiger partial charge is 0.379 e. The van der Waals surface area contributed by atoms with E-state index in [2.05, 4.69) is 83.3 Å². The number of hydrogen-bond acceptors (Lipinski definition) is 3. The number of aryl methyl sites for hydroxylation is 1. The van der Waals surface area contributed by atoms with Crippen molar-refractivity contribution in [3.63, 3.8) is 0 Å². The van der Waals surface area contributed by atoms with Crippen molar-refractivity contribution in [1.82, 2.24) is 19.7 Å². The molecule has 6 nitrogen and oxygen atoms in total. The SMILES string of the molecule is CCNC(=NCc1cccc(CN2CCOCC2)c1)N(C)Cc1cccn1C. The zero-order chi connectivity index (χ0) is 19.8. The van der Waals surface area contributed by atoms with Crippen LogP contribution in [-0.4, -0.2) is 60.2 Å². The van der Waals surface area contributed by atoms with Gasteiger partial charge in [-0.1, -0.05) is 24.3 Å². The monoisotopic (exact) mass is 383 g/mol. The fourth-order valence-electron chi connectivity index (χ4n) is 3.46. The summed E-state index contributed by atoms with van der Waals surface area (Å²) in [6, 6.07) is 13.0. The Morgan fingerprint density at radius 1 is 1.18 bits per heavy atom. The molecule has 1 N–H and O–H groups in total. The lowest BCUT2D eigenvalue weighted by Gasteiger charge is -2.26. The maximum atomic E-state index is 5.44. The first-order valence-corrected chi connectivity index (χ1v) is 10.1. The maximum absolute atomic E-state index is 5.44. The van der Waals surface area contributed by atoms with E-state index in [9.17, 15) is 0 Å². The summed E-state index contributed by atoms with van der Waals surface area (Å²) in [5.74, 6) is 0.933. The third-order valence-electron chi connectivity index (χ3n) is 5.06. The number of aromatic nitrogens is 1. The fourth-order valence-corrected chi connectivity index (χ4v) is 3.46. The number of nitrogens with zero attached hydrogens (tertiary/aromatic N) is 4. The summed E-state index contributed by atoms with van der Waals surface area (Å²) < 4.78 is 7.59. The lowest BCUT2D eigenvalue weighted by Crippen LogP contribution is -2.38. The molecule has 3 rings (SSSR count). The number of nitrogens with one attached hydrogen (secondary N) is 1. The van der Waals surface area contributed by atoms with Crippen LogP contribution < -0.4 is 5.32 Å². The summed E-state index contributed by atoms with van der Waals surface area (Å²) in [6.45, 7) is 9.14. The van der Waals surface area contributed by atoms with E-state index in [4.69, 9.17) is 9.73 Å². The highest BCUT2D eigenvalue weighted by atomic mass is 16.5. The van der Waals surface area contributed by atoms with Crippen LogP contribution in [0.5, 0.6) is 0 Å². The number of aliphatic imine (C=N–C) groups is 1. The van der Waals surface area contributed by atoms with Crippen LogP contribution in [-0.2, 0) is 31.4 Å². The Balaban J connectivity index is 1.63. The molecule has 0 aliphatic carbocycles. The summed E-state index contributed by atoms with van der Waals surface area (Å²) in [5.41, 5.74) is 3.85. The zero-order valence-electron chi connectivity index (χ0n) is 17.4. The smallest absolute Gasteiger partial charge is 0.194 e. The molecule has 1 aromatic heterocycles. The van der Waals surface area contributed by atoms with Gasteiger partial charge in [-0.3, -0.25) is 4.90 Å². The van der Waals surface area contributed by atoms with Crippen LogP contribution >= 0.6 is 0 Å². The van der Waals surface area contributed by atoms with Gasteiger partial charge in [0.15, 0.2) is 5.96 Å². The van der Waals surface area contributed by atoms with Gasteiger partial charge < -0.3 is 19.5 Å². The molecule has 1 aromatic carbocycles. The van der Waals surface area contributed by atoms with Crippen LogP contribution in [0.3, 0.4) is 0 Å². The van der Waals surface area contributed by atoms with E-state index in [0.29, 0.717) is 6.54 Å². The summed E-state index contributed by atoms with van der Waals surface area (Å²) in [4.78, 5) is 9.50. The number of rotatable bonds is 7. The third kappa shape index (κ3) is 5.84. The van der Waals surface area contributed by atoms with Gasteiger partial charge >= 0.3 is 0 Å². The lowest BCUT2D eigenvalue weighted by molar-refractivity contribution is 0.0342. The van der Waals surface area contributed by atoms with Crippen molar-refractivity contribution in [2.45, 2.75) is 26.6 Å². The summed E-state index contributed by atoms with van der Waals surface area (Å²) in [7, 11) is 4.16. The molecule has 6 heteroatoms. The minimum Gasteiger partial charge on any atom is -0.379 e. The molecule has 0 radical (unpaired) electrons. The van der Waals surface area contributed by atoms with Crippen LogP contribution in [0.4, 0.5) is 0 Å². The number of morpholine rings is 1. The van der Waals surface area contributed by atoms with Crippen molar-refractivity contribution in [2.75, 3.05) is 39.9 Å². The van der Waals surface area contributed by atoms with E-state index in [1.54, 1.807) is 0 Å². The van der Waals surface area contributed by atoms with Crippen molar-refractivity contribution in [1.29, 1.82) is 0 Å². The molecule has 1 saturated heterocycles. The topological polar surface area (TPSA) is 45.0 Å². The van der Waals surface area contributed by atoms with Gasteiger partial charge in [0.25, 0.3) is 0 Å². The van der Waals surface area contributed by atoms with E-state index < -0.39 is 0 Å². The third-order valence-corrected chi connectivity index (χ3v) is 5.06. The maximum Gasteiger partial charge on any atom is 0.194 e. The summed E-state index contributed by atoms with van der Waals surface area (Å²) in [6.07, 6.45) is 2.08. The van der Waals surface area contributed by atoms with Crippen molar-refractivity contribution >= 4 is 5.96 Å². The van der Waals surface area contributed by atoms with Gasteiger partial charge in [-0.15, -0.1) is 0 Å². The lowest BCUT2D eigenvalue weighted by atomic mass is 10.1. The molecule has 0 saturated carbocycles. The van der Waals surface area contributed by atoms with Gasteiger partial charge in [0, 0.05) is 52.2 Å². The van der Waals surface area contributed by atoms with Gasteiger partial charge in [-0.2, -0.15) is 0 Å². The average Bonchev–Trinajstić information content (AvgIpc) is 3.10. The first-order valence-electron chi connectivity index (χ1n) is 10.1. The van der Waals surface area contributed by atoms with E-state index in [1.165, 1.54) is 16.8 Å². The minimum absolute atomic E-state index is 0.677. The molecule has 1 fully saturated rings. The molecule has 2 aromatic rings. The number of ether oxygens (including phenoxy) is 1. The van der Waals surface area contributed by atoms with Crippen LogP contribution in [0.2, 0.25) is 0 Å². The Morgan fingerprint density at radius 2 is 1.96 bits per heavy atom. The highest BCUT2D eigenvalue weighted by Gasteiger charge is 2.11. The average molecular weight is 384 g/mol. The molecular formula is C22H33N5O. The summed E-state index contributed by atoms with van der Waals surface area (Å²) in [5, 5.41) is 3.41. The van der Waals surface area contributed by atoms with Crippen molar-refractivity contribution in [3.8, 4) is 0 Å². The second kappa shape index (κ2) is 10.3. The van der Waals surface area contributed by atoms with E-state index in [0.717, 1.165) is 51.9 Å². The van der Waals surface area contributed by atoms with Crippen LogP contribution in [0.25, 0.3) is 0 Å². The highest BCUT2D eigenvalue weighted by molar-refractivity contribution is 5.79. The van der Waals surface area contributed by atoms with Gasteiger partial charge in [-0.25, -0.2) is 4.99 Å². The first-order chi connectivity index (χ1) is 13.7. The van der Waals surface area contributed by atoms with Gasteiger partial charge in [0.1, 0.15) is 0 Å². The number of hydrogen-bond donors (Lipinski definition) is 1. The molecule has 1 aliphatic rings. The van der Waals surface area contributed by atoms with Crippen LogP contribution in [0, 0.1) is 0 Å². The molecular weight excluding hydrogens is 350 g/mol. The Bertz CT molecular complexity index is 764. The molecule has 0 bridgehead atoms. The van der Waals surface area contributed by atoms with Gasteiger partial charge in [-0.05, 0) is 30.2 Å².